The first-order valence-electron chi connectivity index (χ1n) is 13.9. The number of carbonyl (C=O) groups is 2. The van der Waals surface area contributed by atoms with Gasteiger partial charge in [0.25, 0.3) is 11.8 Å². The summed E-state index contributed by atoms with van der Waals surface area (Å²) in [4.78, 5) is 26.7. The van der Waals surface area contributed by atoms with Gasteiger partial charge in [0, 0.05) is 31.3 Å². The number of unbranched alkanes of at least 4 members (excludes halogenated alkanes) is 7. The largest absolute Gasteiger partial charge is 0.489 e. The van der Waals surface area contributed by atoms with E-state index < -0.39 is 5.91 Å². The van der Waals surface area contributed by atoms with Crippen LogP contribution in [0.1, 0.15) is 79.8 Å². The third-order valence-electron chi connectivity index (χ3n) is 6.65. The number of hydrogen-bond donors (Lipinski definition) is 1. The predicted octanol–water partition coefficient (Wildman–Crippen LogP) is 6.11. The molecule has 1 aliphatic rings. The number of nitrogens with zero attached hydrogens (tertiary/aromatic N) is 2. The lowest BCUT2D eigenvalue weighted by atomic mass is 10.1. The summed E-state index contributed by atoms with van der Waals surface area (Å²) in [6, 6.07) is 14.9. The Labute approximate surface area is 227 Å². The molecule has 1 heterocycles. The van der Waals surface area contributed by atoms with Crippen molar-refractivity contribution in [1.82, 2.24) is 9.96 Å². The summed E-state index contributed by atoms with van der Waals surface area (Å²) in [6.45, 7) is 5.28. The van der Waals surface area contributed by atoms with E-state index in [1.54, 1.807) is 6.08 Å². The fourth-order valence-corrected chi connectivity index (χ4v) is 4.34. The molecule has 0 radical (unpaired) electrons. The Balaban J connectivity index is 1.38. The number of rotatable bonds is 15. The van der Waals surface area contributed by atoms with Crippen LogP contribution in [0.4, 0.5) is 0 Å². The van der Waals surface area contributed by atoms with Gasteiger partial charge in [-0.15, -0.1) is 0 Å². The molecular weight excluding hydrogens is 480 g/mol. The quantitative estimate of drug-likeness (QED) is 0.132. The van der Waals surface area contributed by atoms with Gasteiger partial charge < -0.3 is 14.4 Å². The van der Waals surface area contributed by atoms with Crippen molar-refractivity contribution >= 4 is 17.9 Å². The summed E-state index contributed by atoms with van der Waals surface area (Å²) in [6.07, 6.45) is 12.4. The molecule has 0 bridgehead atoms. The number of hydroxylamine groups is 2. The van der Waals surface area contributed by atoms with E-state index in [1.165, 1.54) is 38.2 Å². The number of amides is 2. The fourth-order valence-electron chi connectivity index (χ4n) is 4.34. The van der Waals surface area contributed by atoms with Gasteiger partial charge in [0.15, 0.2) is 0 Å². The van der Waals surface area contributed by atoms with Crippen LogP contribution in [0.15, 0.2) is 54.6 Å². The maximum atomic E-state index is 12.7. The molecule has 0 spiro atoms. The van der Waals surface area contributed by atoms with Crippen molar-refractivity contribution in [1.29, 1.82) is 0 Å². The first kappa shape index (κ1) is 29.4. The highest BCUT2D eigenvalue weighted by Crippen LogP contribution is 2.17. The van der Waals surface area contributed by atoms with E-state index in [0.29, 0.717) is 50.8 Å². The maximum absolute atomic E-state index is 12.7. The zero-order valence-corrected chi connectivity index (χ0v) is 22.6. The van der Waals surface area contributed by atoms with E-state index in [9.17, 15) is 14.8 Å². The van der Waals surface area contributed by atoms with Crippen LogP contribution >= 0.6 is 0 Å². The lowest BCUT2D eigenvalue weighted by Gasteiger charge is -2.27. The van der Waals surface area contributed by atoms with Crippen LogP contribution in [0.2, 0.25) is 0 Å². The summed E-state index contributed by atoms with van der Waals surface area (Å²) in [5.41, 5.74) is 2.40. The Morgan fingerprint density at radius 2 is 1.66 bits per heavy atom. The summed E-state index contributed by atoms with van der Waals surface area (Å²) >= 11 is 0. The molecule has 2 amide bonds. The second-order valence-electron chi connectivity index (χ2n) is 9.73. The monoisotopic (exact) mass is 522 g/mol. The third-order valence-corrected chi connectivity index (χ3v) is 6.65. The van der Waals surface area contributed by atoms with Crippen LogP contribution in [-0.4, -0.2) is 59.8 Å². The van der Waals surface area contributed by atoms with Gasteiger partial charge in [-0.1, -0.05) is 76.1 Å². The highest BCUT2D eigenvalue weighted by molar-refractivity contribution is 5.94. The summed E-state index contributed by atoms with van der Waals surface area (Å²) in [5, 5.41) is 10.8. The van der Waals surface area contributed by atoms with Crippen LogP contribution < -0.4 is 4.74 Å². The Morgan fingerprint density at radius 3 is 2.37 bits per heavy atom. The molecule has 38 heavy (non-hydrogen) atoms. The molecule has 1 fully saturated rings. The van der Waals surface area contributed by atoms with Crippen LogP contribution in [0.3, 0.4) is 0 Å². The average Bonchev–Trinajstić information content (AvgIpc) is 2.96. The standard InChI is InChI=1S/C31H42N2O5/c1-2-3-4-5-6-7-8-9-19-33(36)30(34)18-15-26-13-16-29(17-14-26)38-25-27-11-10-12-28(24-27)31(35)32-20-22-37-23-21-32/h10-18,24,36H,2-9,19-23,25H2,1H3/b18-15+. The number of carbonyl (C=O) groups excluding carboxylic acids is 2. The van der Waals surface area contributed by atoms with Crippen LogP contribution in [0.5, 0.6) is 5.75 Å². The molecule has 1 saturated heterocycles. The predicted molar refractivity (Wildman–Crippen MR) is 149 cm³/mol. The molecule has 0 atom stereocenters. The van der Waals surface area contributed by atoms with Gasteiger partial charge in [-0.25, -0.2) is 5.06 Å². The zero-order chi connectivity index (χ0) is 27.0. The van der Waals surface area contributed by atoms with Gasteiger partial charge in [0.1, 0.15) is 12.4 Å². The first-order valence-corrected chi connectivity index (χ1v) is 13.9. The molecule has 206 valence electrons. The number of morpholine rings is 1. The van der Waals surface area contributed by atoms with Crippen LogP contribution in [0, 0.1) is 0 Å². The van der Waals surface area contributed by atoms with Crippen molar-refractivity contribution in [3.05, 3.63) is 71.3 Å². The number of ether oxygens (including phenoxy) is 2. The first-order chi connectivity index (χ1) is 18.6. The Kier molecular flexibility index (Phi) is 12.9. The van der Waals surface area contributed by atoms with Gasteiger partial charge >= 0.3 is 0 Å². The van der Waals surface area contributed by atoms with Crippen molar-refractivity contribution in [3.8, 4) is 5.75 Å². The molecule has 7 heteroatoms. The third kappa shape index (κ3) is 10.3. The van der Waals surface area contributed by atoms with Gasteiger partial charge in [0.2, 0.25) is 0 Å². The maximum Gasteiger partial charge on any atom is 0.269 e. The molecule has 0 saturated carbocycles. The highest BCUT2D eigenvalue weighted by atomic mass is 16.5. The van der Waals surface area contributed by atoms with E-state index in [2.05, 4.69) is 6.92 Å². The van der Waals surface area contributed by atoms with Crippen molar-refractivity contribution in [2.24, 2.45) is 0 Å². The summed E-state index contributed by atoms with van der Waals surface area (Å²) in [7, 11) is 0. The minimum atomic E-state index is -0.417. The SMILES string of the molecule is CCCCCCCCCCN(O)C(=O)/C=C/c1ccc(OCc2cccc(C(=O)N3CCOCC3)c2)cc1. The second-order valence-corrected chi connectivity index (χ2v) is 9.73. The average molecular weight is 523 g/mol. The molecule has 2 aromatic rings. The Morgan fingerprint density at radius 1 is 0.974 bits per heavy atom. The van der Waals surface area contributed by atoms with Crippen LogP contribution in [-0.2, 0) is 16.1 Å². The van der Waals surface area contributed by atoms with Crippen molar-refractivity contribution in [2.45, 2.75) is 64.9 Å². The smallest absolute Gasteiger partial charge is 0.269 e. The van der Waals surface area contributed by atoms with Crippen LogP contribution in [0.25, 0.3) is 6.08 Å². The van der Waals surface area contributed by atoms with Gasteiger partial charge in [0.05, 0.1) is 13.2 Å². The molecule has 7 nitrogen and oxygen atoms in total. The topological polar surface area (TPSA) is 79.3 Å². The molecule has 3 rings (SSSR count). The minimum Gasteiger partial charge on any atom is -0.489 e. The van der Waals surface area contributed by atoms with Gasteiger partial charge in [-0.05, 0) is 47.9 Å². The summed E-state index contributed by atoms with van der Waals surface area (Å²) < 4.78 is 11.2. The van der Waals surface area contributed by atoms with E-state index >= 15 is 0 Å². The number of benzene rings is 2. The molecular formula is C31H42N2O5. The second kappa shape index (κ2) is 16.6. The fraction of sp³-hybridized carbons (Fsp3) is 0.484. The normalized spacial score (nSPS) is 13.6. The molecule has 1 aliphatic heterocycles. The summed E-state index contributed by atoms with van der Waals surface area (Å²) in [5.74, 6) is 0.289. The molecule has 0 aliphatic carbocycles. The van der Waals surface area contributed by atoms with E-state index in [-0.39, 0.29) is 5.91 Å². The Hall–Kier alpha value is -3.16. The molecule has 1 N–H and O–H groups in total. The van der Waals surface area contributed by atoms with E-state index in [4.69, 9.17) is 9.47 Å². The lowest BCUT2D eigenvalue weighted by molar-refractivity contribution is -0.159. The van der Waals surface area contributed by atoms with E-state index in [1.807, 2.05) is 53.4 Å². The molecule has 2 aromatic carbocycles. The Bertz CT molecular complexity index is 1020. The van der Waals surface area contributed by atoms with Gasteiger partial charge in [-0.2, -0.15) is 0 Å². The number of hydrogen-bond acceptors (Lipinski definition) is 5. The molecule has 0 aromatic heterocycles. The van der Waals surface area contributed by atoms with Crippen molar-refractivity contribution < 1.29 is 24.3 Å². The van der Waals surface area contributed by atoms with Crippen molar-refractivity contribution in [3.63, 3.8) is 0 Å². The van der Waals surface area contributed by atoms with Crippen molar-refractivity contribution in [2.75, 3.05) is 32.8 Å². The lowest BCUT2D eigenvalue weighted by Crippen LogP contribution is -2.40. The minimum absolute atomic E-state index is 0.0140. The van der Waals surface area contributed by atoms with E-state index in [0.717, 1.165) is 35.5 Å². The highest BCUT2D eigenvalue weighted by Gasteiger charge is 2.18. The molecule has 0 unspecified atom stereocenters. The van der Waals surface area contributed by atoms with Gasteiger partial charge in [-0.3, -0.25) is 14.8 Å². The zero-order valence-electron chi connectivity index (χ0n) is 22.6.